The summed E-state index contributed by atoms with van der Waals surface area (Å²) in [6, 6.07) is 0. The molecule has 124 valence electrons. The molecule has 0 radical (unpaired) electrons. The van der Waals surface area contributed by atoms with E-state index in [0.29, 0.717) is 33.0 Å². The topological polar surface area (TPSA) is 123 Å². The lowest BCUT2D eigenvalue weighted by Crippen LogP contribution is -2.11. The van der Waals surface area contributed by atoms with Crippen LogP contribution in [0, 0.1) is 0 Å². The third-order valence-corrected chi connectivity index (χ3v) is 1.87. The Bertz CT molecular complexity index is 248. The van der Waals surface area contributed by atoms with Crippen LogP contribution in [0.25, 0.3) is 0 Å². The zero-order valence-electron chi connectivity index (χ0n) is 11.9. The van der Waals surface area contributed by atoms with Gasteiger partial charge in [0.1, 0.15) is 0 Å². The van der Waals surface area contributed by atoms with Gasteiger partial charge in [0.2, 0.25) is 0 Å². The van der Waals surface area contributed by atoms with Crippen LogP contribution in [0.1, 0.15) is 26.2 Å². The Labute approximate surface area is 120 Å². The standard InChI is InChI=1S/C11H24O4.H2O4S/c1-2-3-4-6-13-8-10-15-11-9-14-7-5-12;1-5(2,3)4/h12H,2-11H2,1H3;(H2,1,2,3,4). The van der Waals surface area contributed by atoms with Crippen LogP contribution in [0.5, 0.6) is 0 Å². The molecule has 0 rings (SSSR count). The van der Waals surface area contributed by atoms with E-state index in [1.165, 1.54) is 12.8 Å². The van der Waals surface area contributed by atoms with E-state index in [-0.39, 0.29) is 6.61 Å². The van der Waals surface area contributed by atoms with Crippen molar-refractivity contribution in [2.24, 2.45) is 0 Å². The highest BCUT2D eigenvalue weighted by Crippen LogP contribution is 1.93. The van der Waals surface area contributed by atoms with Gasteiger partial charge >= 0.3 is 10.4 Å². The van der Waals surface area contributed by atoms with Crippen LogP contribution in [-0.2, 0) is 24.6 Å². The van der Waals surface area contributed by atoms with Crippen LogP contribution < -0.4 is 0 Å². The molecule has 0 atom stereocenters. The first kappa shape index (κ1) is 22.0. The number of rotatable bonds is 12. The second-order valence-electron chi connectivity index (χ2n) is 3.72. The van der Waals surface area contributed by atoms with Crippen LogP contribution in [0.3, 0.4) is 0 Å². The van der Waals surface area contributed by atoms with Gasteiger partial charge in [-0.3, -0.25) is 9.11 Å². The number of unbranched alkanes of at least 4 members (excludes halogenated alkanes) is 2. The molecule has 0 aliphatic carbocycles. The normalized spacial score (nSPS) is 11.0. The average molecular weight is 318 g/mol. The van der Waals surface area contributed by atoms with Gasteiger partial charge in [0, 0.05) is 6.61 Å². The monoisotopic (exact) mass is 318 g/mol. The summed E-state index contributed by atoms with van der Waals surface area (Å²) in [4.78, 5) is 0. The number of hydrogen-bond donors (Lipinski definition) is 3. The lowest BCUT2D eigenvalue weighted by Gasteiger charge is -2.05. The van der Waals surface area contributed by atoms with Crippen LogP contribution >= 0.6 is 0 Å². The highest BCUT2D eigenvalue weighted by molar-refractivity contribution is 7.79. The molecule has 0 heterocycles. The number of ether oxygens (including phenoxy) is 3. The summed E-state index contributed by atoms with van der Waals surface area (Å²) in [5, 5.41) is 8.42. The molecule has 0 aliphatic rings. The van der Waals surface area contributed by atoms with Crippen molar-refractivity contribution < 1.29 is 36.8 Å². The SMILES string of the molecule is CCCCCOCCOCCOCCO.O=S(=O)(O)O. The lowest BCUT2D eigenvalue weighted by atomic mass is 10.3. The molecule has 0 aliphatic heterocycles. The highest BCUT2D eigenvalue weighted by Gasteiger charge is 1.91. The van der Waals surface area contributed by atoms with Gasteiger partial charge in [0.05, 0.1) is 39.6 Å². The van der Waals surface area contributed by atoms with Gasteiger partial charge < -0.3 is 19.3 Å². The van der Waals surface area contributed by atoms with E-state index < -0.39 is 10.4 Å². The Morgan fingerprint density at radius 3 is 1.60 bits per heavy atom. The van der Waals surface area contributed by atoms with Crippen molar-refractivity contribution in [1.29, 1.82) is 0 Å². The fraction of sp³-hybridized carbons (Fsp3) is 1.00. The van der Waals surface area contributed by atoms with E-state index >= 15 is 0 Å². The summed E-state index contributed by atoms with van der Waals surface area (Å²) in [6.07, 6.45) is 3.59. The van der Waals surface area contributed by atoms with E-state index in [4.69, 9.17) is 36.8 Å². The van der Waals surface area contributed by atoms with Crippen molar-refractivity contribution >= 4 is 10.4 Å². The second-order valence-corrected chi connectivity index (χ2v) is 4.61. The third-order valence-electron chi connectivity index (χ3n) is 1.87. The first-order valence-corrected chi connectivity index (χ1v) is 7.85. The van der Waals surface area contributed by atoms with E-state index in [0.717, 1.165) is 13.0 Å². The molecule has 20 heavy (non-hydrogen) atoms. The van der Waals surface area contributed by atoms with Crippen LogP contribution in [0.2, 0.25) is 0 Å². The predicted octanol–water partition coefficient (Wildman–Crippen LogP) is 0.566. The summed E-state index contributed by atoms with van der Waals surface area (Å²) in [5.41, 5.74) is 0. The average Bonchev–Trinajstić information content (AvgIpc) is 2.34. The number of aliphatic hydroxyl groups excluding tert-OH is 1. The summed E-state index contributed by atoms with van der Waals surface area (Å²) >= 11 is 0. The van der Waals surface area contributed by atoms with Gasteiger partial charge in [0.15, 0.2) is 0 Å². The van der Waals surface area contributed by atoms with Crippen LogP contribution in [-0.4, -0.2) is 68.9 Å². The molecule has 0 fully saturated rings. The molecule has 0 saturated heterocycles. The van der Waals surface area contributed by atoms with Crippen molar-refractivity contribution in [3.8, 4) is 0 Å². The van der Waals surface area contributed by atoms with Gasteiger partial charge in [-0.05, 0) is 6.42 Å². The van der Waals surface area contributed by atoms with Crippen LogP contribution in [0.4, 0.5) is 0 Å². The van der Waals surface area contributed by atoms with Crippen molar-refractivity contribution in [1.82, 2.24) is 0 Å². The van der Waals surface area contributed by atoms with Gasteiger partial charge in [-0.15, -0.1) is 0 Å². The van der Waals surface area contributed by atoms with E-state index in [9.17, 15) is 0 Å². The lowest BCUT2D eigenvalue weighted by molar-refractivity contribution is 0.00723. The minimum absolute atomic E-state index is 0.0700. The Balaban J connectivity index is 0. The van der Waals surface area contributed by atoms with Crippen molar-refractivity contribution in [2.75, 3.05) is 46.2 Å². The molecule has 9 heteroatoms. The fourth-order valence-electron chi connectivity index (χ4n) is 1.06. The van der Waals surface area contributed by atoms with Crippen molar-refractivity contribution in [3.63, 3.8) is 0 Å². The quantitative estimate of drug-likeness (QED) is 0.352. The molecule has 0 bridgehead atoms. The maximum Gasteiger partial charge on any atom is 0.394 e. The second kappa shape index (κ2) is 16.8. The van der Waals surface area contributed by atoms with Crippen molar-refractivity contribution in [2.45, 2.75) is 26.2 Å². The molecule has 0 amide bonds. The maximum atomic E-state index is 8.74. The molecule has 0 aromatic heterocycles. The molecule has 0 unspecified atom stereocenters. The predicted molar refractivity (Wildman–Crippen MR) is 73.2 cm³/mol. The zero-order valence-corrected chi connectivity index (χ0v) is 12.7. The smallest absolute Gasteiger partial charge is 0.394 e. The third kappa shape index (κ3) is 36.1. The fourth-order valence-corrected chi connectivity index (χ4v) is 1.06. The maximum absolute atomic E-state index is 8.74. The molecule has 0 aromatic rings. The molecule has 3 N–H and O–H groups in total. The van der Waals surface area contributed by atoms with Gasteiger partial charge in [-0.25, -0.2) is 0 Å². The van der Waals surface area contributed by atoms with Gasteiger partial charge in [-0.2, -0.15) is 8.42 Å². The van der Waals surface area contributed by atoms with E-state index in [1.54, 1.807) is 0 Å². The molecule has 0 spiro atoms. The molecular weight excluding hydrogens is 292 g/mol. The minimum Gasteiger partial charge on any atom is -0.394 e. The largest absolute Gasteiger partial charge is 0.394 e. The zero-order chi connectivity index (χ0) is 15.7. The Morgan fingerprint density at radius 2 is 1.20 bits per heavy atom. The molecule has 0 saturated carbocycles. The highest BCUT2D eigenvalue weighted by atomic mass is 32.3. The Morgan fingerprint density at radius 1 is 0.800 bits per heavy atom. The first-order chi connectivity index (χ1) is 9.41. The molecular formula is C11H26O8S. The number of hydrogen-bond acceptors (Lipinski definition) is 6. The summed E-state index contributed by atoms with van der Waals surface area (Å²) in [6.45, 7) is 5.85. The summed E-state index contributed by atoms with van der Waals surface area (Å²) < 4.78 is 47.2. The minimum atomic E-state index is -4.67. The molecule has 0 aromatic carbocycles. The van der Waals surface area contributed by atoms with Crippen LogP contribution in [0.15, 0.2) is 0 Å². The summed E-state index contributed by atoms with van der Waals surface area (Å²) in [5.74, 6) is 0. The van der Waals surface area contributed by atoms with E-state index in [1.807, 2.05) is 0 Å². The van der Waals surface area contributed by atoms with E-state index in [2.05, 4.69) is 6.92 Å². The Kier molecular flexibility index (Phi) is 18.4. The molecule has 8 nitrogen and oxygen atoms in total. The first-order valence-electron chi connectivity index (χ1n) is 6.45. The summed E-state index contributed by atoms with van der Waals surface area (Å²) in [7, 11) is -4.67. The van der Waals surface area contributed by atoms with Crippen molar-refractivity contribution in [3.05, 3.63) is 0 Å². The van der Waals surface area contributed by atoms with Gasteiger partial charge in [0.25, 0.3) is 0 Å². The van der Waals surface area contributed by atoms with Gasteiger partial charge in [-0.1, -0.05) is 19.8 Å². The Hall–Kier alpha value is -0.290. The number of aliphatic hydroxyl groups is 1.